The van der Waals surface area contributed by atoms with Gasteiger partial charge < -0.3 is 4.90 Å². The first-order valence-corrected chi connectivity index (χ1v) is 10.2. The molecule has 2 heterocycles. The number of likely N-dealkylation sites (N-methyl/N-ethyl adjacent to an activating group) is 1. The lowest BCUT2D eigenvalue weighted by molar-refractivity contribution is -0.134. The molecule has 1 aliphatic rings. The summed E-state index contributed by atoms with van der Waals surface area (Å²) in [6.07, 6.45) is 5.53. The van der Waals surface area contributed by atoms with E-state index in [1.165, 1.54) is 5.56 Å². The minimum atomic E-state index is -0.304. The van der Waals surface area contributed by atoms with Gasteiger partial charge in [-0.15, -0.1) is 24.8 Å². The van der Waals surface area contributed by atoms with Crippen LogP contribution in [0, 0.1) is 11.3 Å². The molecule has 0 bridgehead atoms. The molecule has 0 N–H and O–H groups in total. The number of carbonyl (C=O) groups is 1. The van der Waals surface area contributed by atoms with Crippen LogP contribution in [0.5, 0.6) is 0 Å². The molecule has 6 nitrogen and oxygen atoms in total. The Morgan fingerprint density at radius 3 is 2.45 bits per heavy atom. The fourth-order valence-electron chi connectivity index (χ4n) is 3.74. The third-order valence-electron chi connectivity index (χ3n) is 5.41. The van der Waals surface area contributed by atoms with Crippen molar-refractivity contribution in [2.24, 2.45) is 0 Å². The fourth-order valence-corrected chi connectivity index (χ4v) is 3.74. The predicted molar refractivity (Wildman–Crippen MR) is 128 cm³/mol. The van der Waals surface area contributed by atoms with Gasteiger partial charge >= 0.3 is 0 Å². The zero-order chi connectivity index (χ0) is 20.5. The number of rotatable bonds is 8. The Hall–Kier alpha value is -2.17. The highest BCUT2D eigenvalue weighted by Crippen LogP contribution is 2.20. The van der Waals surface area contributed by atoms with Gasteiger partial charge in [-0.2, -0.15) is 5.26 Å². The molecule has 0 radical (unpaired) electrons. The van der Waals surface area contributed by atoms with E-state index in [2.05, 4.69) is 45.1 Å². The topological polar surface area (TPSA) is 63.5 Å². The van der Waals surface area contributed by atoms with Crippen molar-refractivity contribution in [3.8, 4) is 6.07 Å². The minimum Gasteiger partial charge on any atom is -0.339 e. The molecule has 1 aliphatic heterocycles. The highest BCUT2D eigenvalue weighted by Gasteiger charge is 2.27. The first-order chi connectivity index (χ1) is 14.2. The van der Waals surface area contributed by atoms with Gasteiger partial charge in [0.1, 0.15) is 6.04 Å². The Morgan fingerprint density at radius 2 is 1.84 bits per heavy atom. The van der Waals surface area contributed by atoms with Crippen LogP contribution in [-0.4, -0.2) is 71.9 Å². The maximum absolute atomic E-state index is 12.6. The van der Waals surface area contributed by atoms with Crippen molar-refractivity contribution >= 4 is 30.7 Å². The predicted octanol–water partition coefficient (Wildman–Crippen LogP) is 3.20. The van der Waals surface area contributed by atoms with Gasteiger partial charge in [-0.1, -0.05) is 36.4 Å². The fraction of sp³-hybridized carbons (Fsp3) is 0.435. The monoisotopic (exact) mass is 463 g/mol. The summed E-state index contributed by atoms with van der Waals surface area (Å²) < 4.78 is 0. The molecule has 1 unspecified atom stereocenters. The molecule has 1 aromatic carbocycles. The molecule has 31 heavy (non-hydrogen) atoms. The van der Waals surface area contributed by atoms with Gasteiger partial charge in [-0.3, -0.25) is 19.6 Å². The smallest absolute Gasteiger partial charge is 0.236 e. The molecule has 1 amide bonds. The highest BCUT2D eigenvalue weighted by atomic mass is 35.5. The number of aromatic nitrogens is 1. The summed E-state index contributed by atoms with van der Waals surface area (Å²) in [7, 11) is 2.01. The SMILES string of the molecule is CN(CCCc1ccccc1)CC(=O)N1CCN(C(C#N)c2cccnc2)CC1.Cl.Cl. The van der Waals surface area contributed by atoms with Gasteiger partial charge in [-0.05, 0) is 38.1 Å². The molecule has 1 saturated heterocycles. The summed E-state index contributed by atoms with van der Waals surface area (Å²) in [5, 5.41) is 9.58. The lowest BCUT2D eigenvalue weighted by Gasteiger charge is -2.37. The van der Waals surface area contributed by atoms with Gasteiger partial charge in [0.2, 0.25) is 5.91 Å². The van der Waals surface area contributed by atoms with E-state index >= 15 is 0 Å². The summed E-state index contributed by atoms with van der Waals surface area (Å²) in [6, 6.07) is 16.3. The number of hydrogen-bond donors (Lipinski definition) is 0. The number of nitrogens with zero attached hydrogens (tertiary/aromatic N) is 5. The van der Waals surface area contributed by atoms with Gasteiger partial charge in [0.25, 0.3) is 0 Å². The maximum atomic E-state index is 12.6. The standard InChI is InChI=1S/C23H29N5O.2ClH/c1-26(12-6-9-20-7-3-2-4-8-20)19-23(29)28-15-13-27(14-16-28)22(17-24)21-10-5-11-25-18-21;;/h2-5,7-8,10-11,18,22H,6,9,12-16,19H2,1H3;2*1H. The highest BCUT2D eigenvalue weighted by molar-refractivity contribution is 5.85. The van der Waals surface area contributed by atoms with Gasteiger partial charge in [0.15, 0.2) is 0 Å². The van der Waals surface area contributed by atoms with Crippen LogP contribution in [0.2, 0.25) is 0 Å². The largest absolute Gasteiger partial charge is 0.339 e. The van der Waals surface area contributed by atoms with Crippen molar-refractivity contribution in [3.63, 3.8) is 0 Å². The van der Waals surface area contributed by atoms with E-state index < -0.39 is 0 Å². The number of pyridine rings is 1. The number of benzene rings is 1. The molecule has 0 aliphatic carbocycles. The molecule has 1 aromatic heterocycles. The number of piperazine rings is 1. The summed E-state index contributed by atoms with van der Waals surface area (Å²) in [5.41, 5.74) is 2.25. The average Bonchev–Trinajstić information content (AvgIpc) is 2.76. The summed E-state index contributed by atoms with van der Waals surface area (Å²) in [6.45, 7) is 4.08. The first kappa shape index (κ1) is 26.9. The number of hydrogen-bond acceptors (Lipinski definition) is 5. The average molecular weight is 464 g/mol. The molecule has 0 spiro atoms. The van der Waals surface area contributed by atoms with Crippen LogP contribution >= 0.6 is 24.8 Å². The Labute approximate surface area is 197 Å². The zero-order valence-corrected chi connectivity index (χ0v) is 19.5. The number of halogens is 2. The van der Waals surface area contributed by atoms with E-state index in [1.807, 2.05) is 30.1 Å². The molecule has 3 rings (SSSR count). The number of amides is 1. The Kier molecular flexibility index (Phi) is 12.1. The van der Waals surface area contributed by atoms with Crippen molar-refractivity contribution in [2.45, 2.75) is 18.9 Å². The van der Waals surface area contributed by atoms with Gasteiger partial charge in [-0.25, -0.2) is 0 Å². The third-order valence-corrected chi connectivity index (χ3v) is 5.41. The van der Waals surface area contributed by atoms with E-state index in [4.69, 9.17) is 0 Å². The van der Waals surface area contributed by atoms with E-state index in [9.17, 15) is 10.1 Å². The second-order valence-corrected chi connectivity index (χ2v) is 7.56. The van der Waals surface area contributed by atoms with Crippen molar-refractivity contribution in [1.29, 1.82) is 5.26 Å². The van der Waals surface area contributed by atoms with E-state index in [1.54, 1.807) is 12.4 Å². The van der Waals surface area contributed by atoms with E-state index in [0.717, 1.165) is 24.9 Å². The molecule has 1 fully saturated rings. The van der Waals surface area contributed by atoms with Crippen LogP contribution in [0.4, 0.5) is 0 Å². The summed E-state index contributed by atoms with van der Waals surface area (Å²) in [4.78, 5) is 22.9. The van der Waals surface area contributed by atoms with Crippen molar-refractivity contribution in [1.82, 2.24) is 19.7 Å². The quantitative estimate of drug-likeness (QED) is 0.601. The summed E-state index contributed by atoms with van der Waals surface area (Å²) in [5.74, 6) is 0.168. The van der Waals surface area contributed by atoms with Crippen molar-refractivity contribution < 1.29 is 4.79 Å². The van der Waals surface area contributed by atoms with E-state index in [0.29, 0.717) is 32.7 Å². The maximum Gasteiger partial charge on any atom is 0.236 e. The van der Waals surface area contributed by atoms with Crippen LogP contribution in [-0.2, 0) is 11.2 Å². The molecule has 168 valence electrons. The Balaban J connectivity index is 0.00000240. The van der Waals surface area contributed by atoms with Crippen molar-refractivity contribution in [3.05, 3.63) is 66.0 Å². The molecular weight excluding hydrogens is 433 g/mol. The summed E-state index contributed by atoms with van der Waals surface area (Å²) >= 11 is 0. The third kappa shape index (κ3) is 8.12. The van der Waals surface area contributed by atoms with Crippen LogP contribution in [0.15, 0.2) is 54.9 Å². The second-order valence-electron chi connectivity index (χ2n) is 7.56. The van der Waals surface area contributed by atoms with Crippen LogP contribution < -0.4 is 0 Å². The lowest BCUT2D eigenvalue weighted by atomic mass is 10.1. The normalized spacial score (nSPS) is 14.8. The van der Waals surface area contributed by atoms with Crippen molar-refractivity contribution in [2.75, 3.05) is 46.3 Å². The Morgan fingerprint density at radius 1 is 1.13 bits per heavy atom. The van der Waals surface area contributed by atoms with Gasteiger partial charge in [0.05, 0.1) is 12.6 Å². The van der Waals surface area contributed by atoms with Crippen LogP contribution in [0.25, 0.3) is 0 Å². The molecule has 8 heteroatoms. The lowest BCUT2D eigenvalue weighted by Crippen LogP contribution is -2.51. The van der Waals surface area contributed by atoms with Crippen LogP contribution in [0.3, 0.4) is 0 Å². The van der Waals surface area contributed by atoms with Crippen LogP contribution in [0.1, 0.15) is 23.6 Å². The number of carbonyl (C=O) groups excluding carboxylic acids is 1. The molecule has 1 atom stereocenters. The Bertz CT molecular complexity index is 808. The molecule has 2 aromatic rings. The minimum absolute atomic E-state index is 0. The van der Waals surface area contributed by atoms with E-state index in [-0.39, 0.29) is 36.8 Å². The number of aryl methyl sites for hydroxylation is 1. The van der Waals surface area contributed by atoms with Gasteiger partial charge in [0, 0.05) is 44.1 Å². The number of nitriles is 1. The molecule has 0 saturated carbocycles. The molecular formula is C23H31Cl2N5O. The zero-order valence-electron chi connectivity index (χ0n) is 17.9. The second kappa shape index (κ2) is 14.0. The first-order valence-electron chi connectivity index (χ1n) is 10.2.